The average molecular weight is 482 g/mol. The summed E-state index contributed by atoms with van der Waals surface area (Å²) in [5.74, 6) is -1.71. The molecular formula is C16H15N7O5S3. The first-order chi connectivity index (χ1) is 14.9. The molecule has 2 aliphatic heterocycles. The molecular weight excluding hydrogens is 466 g/mol. The minimum Gasteiger partial charge on any atom is -0.477 e. The molecule has 1 fully saturated rings. The van der Waals surface area contributed by atoms with E-state index >= 15 is 0 Å². The molecule has 15 heteroatoms. The number of fused-ring (bicyclic) bond motifs is 1. The van der Waals surface area contributed by atoms with E-state index < -0.39 is 35.2 Å². The first-order valence-corrected chi connectivity index (χ1v) is 11.7. The van der Waals surface area contributed by atoms with Crippen molar-refractivity contribution in [3.63, 3.8) is 0 Å². The Labute approximate surface area is 187 Å². The van der Waals surface area contributed by atoms with Gasteiger partial charge in [0.1, 0.15) is 17.1 Å². The predicted molar refractivity (Wildman–Crippen MR) is 115 cm³/mol. The number of carbonyl (C=O) groups is 3. The molecule has 0 aliphatic carbocycles. The number of hydrogen-bond donors (Lipinski definition) is 4. The van der Waals surface area contributed by atoms with Crippen molar-refractivity contribution in [1.82, 2.24) is 25.4 Å². The highest BCUT2D eigenvalue weighted by atomic mass is 32.2. The van der Waals surface area contributed by atoms with Crippen molar-refractivity contribution in [2.45, 2.75) is 23.2 Å². The van der Waals surface area contributed by atoms with E-state index in [0.29, 0.717) is 16.4 Å². The minimum absolute atomic E-state index is 0.0925. The molecule has 0 spiro atoms. The number of anilines is 1. The Balaban J connectivity index is 1.47. The van der Waals surface area contributed by atoms with E-state index in [1.807, 2.05) is 0 Å². The van der Waals surface area contributed by atoms with E-state index in [1.165, 1.54) is 33.8 Å². The third-order valence-electron chi connectivity index (χ3n) is 4.58. The molecule has 1 unspecified atom stereocenters. The molecule has 0 bridgehead atoms. The Kier molecular flexibility index (Phi) is 5.97. The minimum atomic E-state index is -1.44. The zero-order valence-corrected chi connectivity index (χ0v) is 18.0. The number of aromatic amines is 1. The van der Waals surface area contributed by atoms with Gasteiger partial charge in [0.15, 0.2) is 5.13 Å². The zero-order chi connectivity index (χ0) is 22.1. The number of thioether (sulfide) groups is 2. The Bertz CT molecular complexity index is 1070. The molecule has 31 heavy (non-hydrogen) atoms. The van der Waals surface area contributed by atoms with Gasteiger partial charge in [-0.3, -0.25) is 19.6 Å². The van der Waals surface area contributed by atoms with Gasteiger partial charge in [-0.1, -0.05) is 0 Å². The van der Waals surface area contributed by atoms with Crippen LogP contribution in [-0.2, 0) is 20.1 Å². The molecule has 2 aromatic rings. The number of nitrogens with zero attached hydrogens (tertiary/aromatic N) is 4. The Hall–Kier alpha value is -2.91. The number of amides is 2. The maximum absolute atomic E-state index is 12.7. The molecule has 2 aromatic heterocycles. The van der Waals surface area contributed by atoms with E-state index in [0.717, 1.165) is 16.9 Å². The fourth-order valence-electron chi connectivity index (χ4n) is 3.12. The lowest BCUT2D eigenvalue weighted by Gasteiger charge is -2.49. The molecule has 1 saturated heterocycles. The van der Waals surface area contributed by atoms with Crippen LogP contribution in [0.15, 0.2) is 33.6 Å². The van der Waals surface area contributed by atoms with E-state index in [1.54, 1.807) is 12.4 Å². The zero-order valence-electron chi connectivity index (χ0n) is 15.5. The number of hydrogen-bond acceptors (Lipinski definition) is 11. The molecule has 0 saturated carbocycles. The molecule has 12 nitrogen and oxygen atoms in total. The Morgan fingerprint density at radius 3 is 2.94 bits per heavy atom. The van der Waals surface area contributed by atoms with E-state index in [-0.39, 0.29) is 16.5 Å². The summed E-state index contributed by atoms with van der Waals surface area (Å²) in [6, 6.07) is -2.41. The van der Waals surface area contributed by atoms with Crippen molar-refractivity contribution in [2.75, 3.05) is 11.5 Å². The van der Waals surface area contributed by atoms with Gasteiger partial charge in [-0.05, 0) is 5.18 Å². The number of nitrogens with two attached hydrogens (primary N) is 1. The summed E-state index contributed by atoms with van der Waals surface area (Å²) < 4.78 is 0. The fraction of sp³-hybridized carbons (Fsp3) is 0.312. The summed E-state index contributed by atoms with van der Waals surface area (Å²) in [5, 5.41) is 22.6. The second-order valence-electron chi connectivity index (χ2n) is 6.49. The van der Waals surface area contributed by atoms with Gasteiger partial charge < -0.3 is 16.2 Å². The maximum atomic E-state index is 12.7. The van der Waals surface area contributed by atoms with Crippen LogP contribution in [-0.4, -0.2) is 60.1 Å². The van der Waals surface area contributed by atoms with Crippen LogP contribution < -0.4 is 11.1 Å². The number of aliphatic carboxylic acids is 1. The van der Waals surface area contributed by atoms with Gasteiger partial charge in [0.2, 0.25) is 6.04 Å². The summed E-state index contributed by atoms with van der Waals surface area (Å²) >= 11 is 3.71. The predicted octanol–water partition coefficient (Wildman–Crippen LogP) is 0.885. The van der Waals surface area contributed by atoms with Crippen LogP contribution in [0.2, 0.25) is 0 Å². The van der Waals surface area contributed by atoms with Crippen LogP contribution in [0.4, 0.5) is 5.13 Å². The monoisotopic (exact) mass is 481 g/mol. The summed E-state index contributed by atoms with van der Waals surface area (Å²) in [6.07, 6.45) is 3.35. The number of carbonyl (C=O) groups excluding carboxylic acids is 2. The molecule has 4 rings (SSSR count). The smallest absolute Gasteiger partial charge is 0.353 e. The van der Waals surface area contributed by atoms with Crippen LogP contribution in [0, 0.1) is 4.91 Å². The number of nitrogens with one attached hydrogen (secondary N) is 2. The molecule has 2 amide bonds. The highest BCUT2D eigenvalue weighted by Crippen LogP contribution is 2.44. The topological polar surface area (TPSA) is 184 Å². The van der Waals surface area contributed by atoms with E-state index in [9.17, 15) is 24.4 Å². The highest BCUT2D eigenvalue weighted by molar-refractivity contribution is 8.05. The van der Waals surface area contributed by atoms with Crippen LogP contribution in [0.3, 0.4) is 0 Å². The van der Waals surface area contributed by atoms with Gasteiger partial charge in [-0.25, -0.2) is 9.78 Å². The van der Waals surface area contributed by atoms with Crippen molar-refractivity contribution >= 4 is 57.8 Å². The number of rotatable bonds is 8. The third-order valence-corrected chi connectivity index (χ3v) is 7.89. The normalized spacial score (nSPS) is 21.3. The lowest BCUT2D eigenvalue weighted by atomic mass is 10.0. The van der Waals surface area contributed by atoms with Crippen molar-refractivity contribution < 1.29 is 19.5 Å². The molecule has 5 N–H and O–H groups in total. The Morgan fingerprint density at radius 2 is 2.32 bits per heavy atom. The number of nitroso groups, excluding NO2 is 1. The molecule has 162 valence electrons. The van der Waals surface area contributed by atoms with Crippen molar-refractivity contribution in [3.05, 3.63) is 44.5 Å². The first-order valence-electron chi connectivity index (χ1n) is 8.76. The number of nitrogen functional groups attached to an aromatic ring is 1. The van der Waals surface area contributed by atoms with E-state index in [2.05, 4.69) is 25.7 Å². The van der Waals surface area contributed by atoms with Crippen LogP contribution in [0.5, 0.6) is 0 Å². The lowest BCUT2D eigenvalue weighted by molar-refractivity contribution is -0.150. The summed E-state index contributed by atoms with van der Waals surface area (Å²) in [4.78, 5) is 53.9. The second-order valence-corrected chi connectivity index (χ2v) is 9.55. The van der Waals surface area contributed by atoms with Gasteiger partial charge in [-0.15, -0.1) is 39.8 Å². The molecule has 4 heterocycles. The molecule has 0 aromatic carbocycles. The van der Waals surface area contributed by atoms with Crippen LogP contribution in [0.1, 0.15) is 17.3 Å². The van der Waals surface area contributed by atoms with Gasteiger partial charge in [-0.2, -0.15) is 5.10 Å². The Morgan fingerprint density at radius 1 is 1.52 bits per heavy atom. The van der Waals surface area contributed by atoms with Crippen molar-refractivity contribution in [1.29, 1.82) is 0 Å². The molecule has 0 radical (unpaired) electrons. The average Bonchev–Trinajstić information content (AvgIpc) is 3.42. The summed E-state index contributed by atoms with van der Waals surface area (Å²) in [7, 11) is 0. The van der Waals surface area contributed by atoms with Gasteiger partial charge >= 0.3 is 5.97 Å². The first kappa shape index (κ1) is 21.3. The molecule has 3 atom stereocenters. The number of carboxylic acids is 1. The number of H-pyrrole nitrogens is 1. The summed E-state index contributed by atoms with van der Waals surface area (Å²) in [6.45, 7) is 0. The van der Waals surface area contributed by atoms with Crippen molar-refractivity contribution in [3.8, 4) is 0 Å². The highest BCUT2D eigenvalue weighted by Gasteiger charge is 2.54. The van der Waals surface area contributed by atoms with E-state index in [4.69, 9.17) is 5.73 Å². The molecule has 2 aliphatic rings. The number of β-lactam (4-membered cyclic amide) rings is 1. The third kappa shape index (κ3) is 4.03. The number of carboxylic acid groups (broad SMARTS) is 1. The standard InChI is InChI=1S/C16H15N7O5S3/c17-16-20-7(4-31-16)9(22-28)12(24)21-10-13(25)23-11(15(26)27)8(5-30-14(10)23)29-3-6-1-18-19-2-6/h1-2,4,9-10,14H,3,5H2,(H2,17,20)(H,18,19)(H,21,24)(H,26,27)/t9?,10-,14+/m1/s1. The lowest BCUT2D eigenvalue weighted by Crippen LogP contribution is -2.70. The SMILES string of the molecule is Nc1nc(C(N=O)C(=O)N[C@@H]2C(=O)N3C(C(=O)O)=C(SCc4cn[nH]c4)CS[C@@H]23)cs1. The van der Waals surface area contributed by atoms with Gasteiger partial charge in [0.25, 0.3) is 11.8 Å². The van der Waals surface area contributed by atoms with Gasteiger partial charge in [0, 0.05) is 33.6 Å². The van der Waals surface area contributed by atoms with Gasteiger partial charge in [0.05, 0.1) is 11.9 Å². The maximum Gasteiger partial charge on any atom is 0.353 e. The number of aromatic nitrogens is 3. The van der Waals surface area contributed by atoms with Crippen molar-refractivity contribution in [2.24, 2.45) is 5.18 Å². The summed E-state index contributed by atoms with van der Waals surface area (Å²) in [5.41, 5.74) is 6.43. The quantitative estimate of drug-likeness (QED) is 0.312. The van der Waals surface area contributed by atoms with Crippen LogP contribution >= 0.6 is 34.9 Å². The fourth-order valence-corrected chi connectivity index (χ4v) is 6.26. The largest absolute Gasteiger partial charge is 0.477 e. The van der Waals surface area contributed by atoms with Crippen LogP contribution in [0.25, 0.3) is 0 Å². The number of thiazole rings is 1. The second kappa shape index (κ2) is 8.68.